The molecule has 0 aromatic carbocycles. The van der Waals surface area contributed by atoms with Crippen LogP contribution in [0, 0.1) is 0 Å². The van der Waals surface area contributed by atoms with Crippen LogP contribution in [0.4, 0.5) is 0 Å². The highest BCUT2D eigenvalue weighted by Gasteiger charge is 2.40. The fourth-order valence-corrected chi connectivity index (χ4v) is 2.35. The maximum Gasteiger partial charge on any atom is 0.326 e. The van der Waals surface area contributed by atoms with Crippen molar-refractivity contribution < 1.29 is 14.6 Å². The van der Waals surface area contributed by atoms with Gasteiger partial charge in [-0.05, 0) is 19.9 Å². The van der Waals surface area contributed by atoms with Gasteiger partial charge in [-0.1, -0.05) is 6.92 Å². The van der Waals surface area contributed by atoms with E-state index in [1.54, 1.807) is 14.0 Å². The van der Waals surface area contributed by atoms with Crippen LogP contribution in [0.25, 0.3) is 0 Å². The van der Waals surface area contributed by atoms with E-state index in [4.69, 9.17) is 4.74 Å². The number of hydrogen-bond acceptors (Lipinski definition) is 4. The monoisotopic (exact) mass is 244 g/mol. The summed E-state index contributed by atoms with van der Waals surface area (Å²) in [4.78, 5) is 15.8. The van der Waals surface area contributed by atoms with Crippen LogP contribution in [0.5, 0.6) is 0 Å². The van der Waals surface area contributed by atoms with Crippen molar-refractivity contribution in [1.29, 1.82) is 0 Å². The second kappa shape index (κ2) is 6.33. The van der Waals surface area contributed by atoms with Gasteiger partial charge in [-0.2, -0.15) is 0 Å². The van der Waals surface area contributed by atoms with Gasteiger partial charge in [-0.25, -0.2) is 0 Å². The molecule has 0 aliphatic carbocycles. The van der Waals surface area contributed by atoms with Crippen molar-refractivity contribution >= 4 is 5.97 Å². The standard InChI is InChI=1S/C12H24N2O3/c1-4-5-13-6-8-14(9-7-13)12(2,10-17-3)11(15)16/h4-10H2,1-3H3,(H,15,16). The number of rotatable bonds is 6. The summed E-state index contributed by atoms with van der Waals surface area (Å²) in [5.74, 6) is -0.803. The van der Waals surface area contributed by atoms with Crippen LogP contribution >= 0.6 is 0 Å². The number of hydrogen-bond donors (Lipinski definition) is 1. The summed E-state index contributed by atoms with van der Waals surface area (Å²) in [6, 6.07) is 0. The van der Waals surface area contributed by atoms with Gasteiger partial charge >= 0.3 is 5.97 Å². The first-order chi connectivity index (χ1) is 8.04. The predicted octanol–water partition coefficient (Wildman–Crippen LogP) is 0.504. The molecule has 0 spiro atoms. The Kier molecular flexibility index (Phi) is 5.36. The van der Waals surface area contributed by atoms with E-state index in [1.165, 1.54) is 0 Å². The fraction of sp³-hybridized carbons (Fsp3) is 0.917. The first-order valence-corrected chi connectivity index (χ1v) is 6.24. The molecule has 1 N–H and O–H groups in total. The van der Waals surface area contributed by atoms with Crippen LogP contribution in [0.1, 0.15) is 20.3 Å². The van der Waals surface area contributed by atoms with Gasteiger partial charge in [0.25, 0.3) is 0 Å². The van der Waals surface area contributed by atoms with E-state index in [2.05, 4.69) is 11.8 Å². The highest BCUT2D eigenvalue weighted by Crippen LogP contribution is 2.18. The number of carboxylic acid groups (broad SMARTS) is 1. The highest BCUT2D eigenvalue weighted by atomic mass is 16.5. The summed E-state index contributed by atoms with van der Waals surface area (Å²) in [7, 11) is 1.55. The van der Waals surface area contributed by atoms with E-state index in [1.807, 2.05) is 4.90 Å². The molecule has 1 heterocycles. The lowest BCUT2D eigenvalue weighted by molar-refractivity contribution is -0.155. The molecule has 1 saturated heterocycles. The van der Waals surface area contributed by atoms with Crippen LogP contribution < -0.4 is 0 Å². The minimum absolute atomic E-state index is 0.232. The van der Waals surface area contributed by atoms with Crippen molar-refractivity contribution in [2.45, 2.75) is 25.8 Å². The molecule has 0 amide bonds. The van der Waals surface area contributed by atoms with Crippen LogP contribution in [0.15, 0.2) is 0 Å². The molecule has 1 aliphatic heterocycles. The topological polar surface area (TPSA) is 53.0 Å². The van der Waals surface area contributed by atoms with E-state index in [9.17, 15) is 9.90 Å². The highest BCUT2D eigenvalue weighted by molar-refractivity contribution is 5.78. The molecule has 17 heavy (non-hydrogen) atoms. The summed E-state index contributed by atoms with van der Waals surface area (Å²) in [5, 5.41) is 9.35. The Hall–Kier alpha value is -0.650. The molecule has 1 fully saturated rings. The van der Waals surface area contributed by atoms with Gasteiger partial charge in [0.15, 0.2) is 0 Å². The molecule has 100 valence electrons. The molecular formula is C12H24N2O3. The molecule has 1 atom stereocenters. The quantitative estimate of drug-likeness (QED) is 0.737. The molecule has 5 heteroatoms. The van der Waals surface area contributed by atoms with Crippen LogP contribution in [0.2, 0.25) is 0 Å². The molecule has 1 unspecified atom stereocenters. The number of aliphatic carboxylic acids is 1. The minimum Gasteiger partial charge on any atom is -0.480 e. The van der Waals surface area contributed by atoms with E-state index in [0.29, 0.717) is 0 Å². The van der Waals surface area contributed by atoms with Crippen molar-refractivity contribution in [3.05, 3.63) is 0 Å². The number of methoxy groups -OCH3 is 1. The van der Waals surface area contributed by atoms with Crippen molar-refractivity contribution in [2.24, 2.45) is 0 Å². The molecule has 1 aliphatic rings. The zero-order valence-corrected chi connectivity index (χ0v) is 11.1. The predicted molar refractivity (Wildman–Crippen MR) is 66.2 cm³/mol. The van der Waals surface area contributed by atoms with Crippen LogP contribution in [0.3, 0.4) is 0 Å². The summed E-state index contributed by atoms with van der Waals surface area (Å²) < 4.78 is 5.06. The number of nitrogens with zero attached hydrogens (tertiary/aromatic N) is 2. The third-order valence-electron chi connectivity index (χ3n) is 3.50. The average molecular weight is 244 g/mol. The first kappa shape index (κ1) is 14.4. The van der Waals surface area contributed by atoms with Gasteiger partial charge in [0, 0.05) is 33.3 Å². The van der Waals surface area contributed by atoms with Crippen LogP contribution in [-0.2, 0) is 9.53 Å². The third-order valence-corrected chi connectivity index (χ3v) is 3.50. The van der Waals surface area contributed by atoms with Gasteiger partial charge in [-0.15, -0.1) is 0 Å². The Balaban J connectivity index is 2.58. The molecule has 0 aromatic heterocycles. The van der Waals surface area contributed by atoms with Crippen molar-refractivity contribution in [3.63, 3.8) is 0 Å². The Labute approximate surface area is 103 Å². The van der Waals surface area contributed by atoms with E-state index in [-0.39, 0.29) is 6.61 Å². The van der Waals surface area contributed by atoms with Crippen molar-refractivity contribution in [2.75, 3.05) is 46.4 Å². The Morgan fingerprint density at radius 1 is 1.35 bits per heavy atom. The molecule has 0 radical (unpaired) electrons. The Morgan fingerprint density at radius 2 is 1.94 bits per heavy atom. The lowest BCUT2D eigenvalue weighted by Crippen LogP contribution is -2.61. The Bertz CT molecular complexity index is 252. The van der Waals surface area contributed by atoms with E-state index >= 15 is 0 Å². The van der Waals surface area contributed by atoms with Gasteiger partial charge in [0.2, 0.25) is 0 Å². The SMILES string of the molecule is CCCN1CCN(C(C)(COC)C(=O)O)CC1. The normalized spacial score (nSPS) is 22.3. The lowest BCUT2D eigenvalue weighted by atomic mass is 10.00. The zero-order chi connectivity index (χ0) is 12.9. The molecule has 5 nitrogen and oxygen atoms in total. The largest absolute Gasteiger partial charge is 0.480 e. The summed E-state index contributed by atoms with van der Waals surface area (Å²) >= 11 is 0. The van der Waals surface area contributed by atoms with Gasteiger partial charge in [-0.3, -0.25) is 9.69 Å². The van der Waals surface area contributed by atoms with Gasteiger partial charge < -0.3 is 14.7 Å². The maximum absolute atomic E-state index is 11.4. The third kappa shape index (κ3) is 3.40. The van der Waals surface area contributed by atoms with Gasteiger partial charge in [0.05, 0.1) is 6.61 Å². The molecule has 0 bridgehead atoms. The smallest absolute Gasteiger partial charge is 0.326 e. The zero-order valence-electron chi connectivity index (χ0n) is 11.1. The summed E-state index contributed by atoms with van der Waals surface area (Å²) in [6.45, 7) is 8.73. The van der Waals surface area contributed by atoms with Crippen LogP contribution in [-0.4, -0.2) is 72.9 Å². The number of piperazine rings is 1. The molecule has 1 rings (SSSR count). The fourth-order valence-electron chi connectivity index (χ4n) is 2.35. The van der Waals surface area contributed by atoms with Crippen molar-refractivity contribution in [3.8, 4) is 0 Å². The Morgan fingerprint density at radius 3 is 2.35 bits per heavy atom. The molecule has 0 saturated carbocycles. The minimum atomic E-state index is -0.896. The number of carboxylic acids is 1. The first-order valence-electron chi connectivity index (χ1n) is 6.24. The van der Waals surface area contributed by atoms with Crippen molar-refractivity contribution in [1.82, 2.24) is 9.80 Å². The van der Waals surface area contributed by atoms with E-state index < -0.39 is 11.5 Å². The summed E-state index contributed by atoms with van der Waals surface area (Å²) in [5.41, 5.74) is -0.896. The lowest BCUT2D eigenvalue weighted by Gasteiger charge is -2.43. The number of carbonyl (C=O) groups is 1. The average Bonchev–Trinajstić information content (AvgIpc) is 2.30. The second-order valence-corrected chi connectivity index (χ2v) is 4.84. The molecule has 0 aromatic rings. The number of ether oxygens (including phenoxy) is 1. The maximum atomic E-state index is 11.4. The summed E-state index contributed by atoms with van der Waals surface area (Å²) in [6.07, 6.45) is 1.15. The molecular weight excluding hydrogens is 220 g/mol. The van der Waals surface area contributed by atoms with Gasteiger partial charge in [0.1, 0.15) is 5.54 Å². The second-order valence-electron chi connectivity index (χ2n) is 4.84. The van der Waals surface area contributed by atoms with E-state index in [0.717, 1.165) is 39.1 Å².